The van der Waals surface area contributed by atoms with E-state index in [1.807, 2.05) is 48.5 Å². The first-order valence-electron chi connectivity index (χ1n) is 6.33. The van der Waals surface area contributed by atoms with Gasteiger partial charge in [0.1, 0.15) is 18.5 Å². The van der Waals surface area contributed by atoms with Gasteiger partial charge in [0.2, 0.25) is 5.90 Å². The first kappa shape index (κ1) is 11.7. The molecule has 3 rings (SSSR count). The molecule has 1 aliphatic rings. The van der Waals surface area contributed by atoms with Crippen LogP contribution in [-0.2, 0) is 4.74 Å². The van der Waals surface area contributed by atoms with Gasteiger partial charge in [0.05, 0.1) is 0 Å². The Balaban J connectivity index is 1.61. The molecule has 0 fully saturated rings. The van der Waals surface area contributed by atoms with Crippen LogP contribution < -0.4 is 5.32 Å². The molecule has 1 aliphatic heterocycles. The standard InChI is InChI=1S/C15H15N3O/c1-2-6-12(7-3-1)15-18-13(11-19-15)10-17-14-8-4-5-9-16-14/h1-9,13H,10-11H2,(H,16,17). The van der Waals surface area contributed by atoms with Crippen molar-refractivity contribution in [2.24, 2.45) is 4.99 Å². The van der Waals surface area contributed by atoms with Crippen LogP contribution in [0, 0.1) is 0 Å². The van der Waals surface area contributed by atoms with E-state index < -0.39 is 0 Å². The number of anilines is 1. The molecule has 1 aromatic carbocycles. The Bertz CT molecular complexity index is 554. The van der Waals surface area contributed by atoms with E-state index in [1.54, 1.807) is 6.20 Å². The zero-order valence-corrected chi connectivity index (χ0v) is 10.5. The summed E-state index contributed by atoms with van der Waals surface area (Å²) >= 11 is 0. The van der Waals surface area contributed by atoms with Gasteiger partial charge in [-0.3, -0.25) is 0 Å². The number of nitrogens with zero attached hydrogens (tertiary/aromatic N) is 2. The predicted molar refractivity (Wildman–Crippen MR) is 75.4 cm³/mol. The van der Waals surface area contributed by atoms with Crippen LogP contribution in [0.25, 0.3) is 0 Å². The molecule has 19 heavy (non-hydrogen) atoms. The minimum atomic E-state index is 0.136. The van der Waals surface area contributed by atoms with Gasteiger partial charge >= 0.3 is 0 Å². The van der Waals surface area contributed by atoms with E-state index in [-0.39, 0.29) is 6.04 Å². The van der Waals surface area contributed by atoms with Crippen molar-refractivity contribution >= 4 is 11.7 Å². The minimum Gasteiger partial charge on any atom is -0.475 e. The second kappa shape index (κ2) is 5.52. The highest BCUT2D eigenvalue weighted by molar-refractivity contribution is 5.95. The Labute approximate surface area is 112 Å². The van der Waals surface area contributed by atoms with Crippen molar-refractivity contribution in [1.82, 2.24) is 4.98 Å². The van der Waals surface area contributed by atoms with Crippen LogP contribution in [0.15, 0.2) is 59.7 Å². The number of benzene rings is 1. The van der Waals surface area contributed by atoms with Crippen molar-refractivity contribution in [1.29, 1.82) is 0 Å². The highest BCUT2D eigenvalue weighted by Gasteiger charge is 2.19. The average molecular weight is 253 g/mol. The van der Waals surface area contributed by atoms with Gasteiger partial charge in [-0.15, -0.1) is 0 Å². The van der Waals surface area contributed by atoms with Crippen molar-refractivity contribution in [3.63, 3.8) is 0 Å². The summed E-state index contributed by atoms with van der Waals surface area (Å²) in [5.41, 5.74) is 1.03. The number of aromatic nitrogens is 1. The molecular weight excluding hydrogens is 238 g/mol. The summed E-state index contributed by atoms with van der Waals surface area (Å²) in [6, 6.07) is 15.9. The largest absolute Gasteiger partial charge is 0.475 e. The molecule has 0 saturated heterocycles. The molecule has 0 spiro atoms. The summed E-state index contributed by atoms with van der Waals surface area (Å²) < 4.78 is 5.63. The highest BCUT2D eigenvalue weighted by Crippen LogP contribution is 2.12. The van der Waals surface area contributed by atoms with Gasteiger partial charge in [-0.1, -0.05) is 24.3 Å². The number of hydrogen-bond acceptors (Lipinski definition) is 4. The van der Waals surface area contributed by atoms with Gasteiger partial charge in [-0.25, -0.2) is 9.98 Å². The Morgan fingerprint density at radius 1 is 1.11 bits per heavy atom. The smallest absolute Gasteiger partial charge is 0.216 e. The van der Waals surface area contributed by atoms with Gasteiger partial charge in [0, 0.05) is 18.3 Å². The number of nitrogens with one attached hydrogen (secondary N) is 1. The number of aliphatic imine (C=N–C) groups is 1. The van der Waals surface area contributed by atoms with Crippen LogP contribution in [0.1, 0.15) is 5.56 Å². The molecule has 2 aromatic rings. The molecule has 0 aliphatic carbocycles. The van der Waals surface area contributed by atoms with Crippen molar-refractivity contribution < 1.29 is 4.74 Å². The summed E-state index contributed by atoms with van der Waals surface area (Å²) in [4.78, 5) is 8.79. The highest BCUT2D eigenvalue weighted by atomic mass is 16.5. The zero-order chi connectivity index (χ0) is 12.9. The molecule has 0 amide bonds. The molecule has 96 valence electrons. The summed E-state index contributed by atoms with van der Waals surface area (Å²) in [7, 11) is 0. The van der Waals surface area contributed by atoms with Gasteiger partial charge in [-0.2, -0.15) is 0 Å². The molecule has 1 unspecified atom stereocenters. The fourth-order valence-electron chi connectivity index (χ4n) is 1.95. The van der Waals surface area contributed by atoms with E-state index >= 15 is 0 Å². The van der Waals surface area contributed by atoms with Gasteiger partial charge < -0.3 is 10.1 Å². The molecular formula is C15H15N3O. The normalized spacial score (nSPS) is 17.7. The van der Waals surface area contributed by atoms with Gasteiger partial charge in [-0.05, 0) is 24.3 Å². The zero-order valence-electron chi connectivity index (χ0n) is 10.5. The lowest BCUT2D eigenvalue weighted by Crippen LogP contribution is -2.19. The first-order valence-corrected chi connectivity index (χ1v) is 6.33. The van der Waals surface area contributed by atoms with E-state index in [1.165, 1.54) is 0 Å². The van der Waals surface area contributed by atoms with Gasteiger partial charge in [0.15, 0.2) is 0 Å². The molecule has 0 saturated carbocycles. The third kappa shape index (κ3) is 2.91. The van der Waals surface area contributed by atoms with E-state index in [2.05, 4.69) is 15.3 Å². The minimum absolute atomic E-state index is 0.136. The van der Waals surface area contributed by atoms with E-state index in [9.17, 15) is 0 Å². The van der Waals surface area contributed by atoms with Crippen molar-refractivity contribution in [3.05, 3.63) is 60.3 Å². The Hall–Kier alpha value is -2.36. The quantitative estimate of drug-likeness (QED) is 0.909. The van der Waals surface area contributed by atoms with Crippen LogP contribution in [0.5, 0.6) is 0 Å². The van der Waals surface area contributed by atoms with Crippen molar-refractivity contribution in [2.45, 2.75) is 6.04 Å². The molecule has 4 heteroatoms. The molecule has 0 bridgehead atoms. The summed E-state index contributed by atoms with van der Waals surface area (Å²) in [6.07, 6.45) is 1.77. The third-order valence-corrected chi connectivity index (χ3v) is 2.92. The number of hydrogen-bond donors (Lipinski definition) is 1. The number of rotatable bonds is 4. The monoisotopic (exact) mass is 253 g/mol. The lowest BCUT2D eigenvalue weighted by Gasteiger charge is -2.07. The molecule has 1 aromatic heterocycles. The third-order valence-electron chi connectivity index (χ3n) is 2.92. The molecule has 1 N–H and O–H groups in total. The maximum Gasteiger partial charge on any atom is 0.216 e. The Morgan fingerprint density at radius 2 is 1.95 bits per heavy atom. The number of ether oxygens (including phenoxy) is 1. The summed E-state index contributed by atoms with van der Waals surface area (Å²) in [6.45, 7) is 1.34. The van der Waals surface area contributed by atoms with Crippen LogP contribution in [-0.4, -0.2) is 30.1 Å². The van der Waals surface area contributed by atoms with E-state index in [4.69, 9.17) is 4.74 Å². The van der Waals surface area contributed by atoms with E-state index in [0.29, 0.717) is 6.61 Å². The summed E-state index contributed by atoms with van der Waals surface area (Å²) in [5, 5.41) is 3.26. The maximum absolute atomic E-state index is 5.63. The fraction of sp³-hybridized carbons (Fsp3) is 0.200. The Kier molecular flexibility index (Phi) is 3.40. The average Bonchev–Trinajstić information content (AvgIpc) is 2.96. The second-order valence-corrected chi connectivity index (χ2v) is 4.36. The van der Waals surface area contributed by atoms with Crippen molar-refractivity contribution in [2.75, 3.05) is 18.5 Å². The van der Waals surface area contributed by atoms with Crippen LogP contribution in [0.2, 0.25) is 0 Å². The lowest BCUT2D eigenvalue weighted by atomic mass is 10.2. The molecule has 4 nitrogen and oxygen atoms in total. The fourth-order valence-corrected chi connectivity index (χ4v) is 1.95. The maximum atomic E-state index is 5.63. The predicted octanol–water partition coefficient (Wildman–Crippen LogP) is 2.34. The molecule has 0 radical (unpaired) electrons. The number of pyridine rings is 1. The Morgan fingerprint density at radius 3 is 2.74 bits per heavy atom. The molecule has 1 atom stereocenters. The first-order chi connectivity index (χ1) is 9.42. The van der Waals surface area contributed by atoms with Gasteiger partial charge in [0.25, 0.3) is 0 Å². The SMILES string of the molecule is c1ccc(C2=NC(CNc3ccccn3)CO2)cc1. The van der Waals surface area contributed by atoms with Crippen LogP contribution in [0.3, 0.4) is 0 Å². The van der Waals surface area contributed by atoms with Crippen LogP contribution in [0.4, 0.5) is 5.82 Å². The topological polar surface area (TPSA) is 46.5 Å². The second-order valence-electron chi connectivity index (χ2n) is 4.36. The lowest BCUT2D eigenvalue weighted by molar-refractivity contribution is 0.321. The van der Waals surface area contributed by atoms with Crippen molar-refractivity contribution in [3.8, 4) is 0 Å². The van der Waals surface area contributed by atoms with Crippen LogP contribution >= 0.6 is 0 Å². The summed E-state index contributed by atoms with van der Waals surface area (Å²) in [5.74, 6) is 1.60. The van der Waals surface area contributed by atoms with E-state index in [0.717, 1.165) is 23.8 Å². The molecule has 2 heterocycles.